The Hall–Kier alpha value is -1.53. The molecule has 0 fully saturated rings. The van der Waals surface area contributed by atoms with E-state index in [1.54, 1.807) is 0 Å². The van der Waals surface area contributed by atoms with Crippen LogP contribution in [0.15, 0.2) is 28.5 Å². The summed E-state index contributed by atoms with van der Waals surface area (Å²) < 4.78 is 0.998. The molecule has 0 saturated heterocycles. The second kappa shape index (κ2) is 6.95. The van der Waals surface area contributed by atoms with E-state index in [4.69, 9.17) is 5.73 Å². The van der Waals surface area contributed by atoms with Crippen LogP contribution in [0.5, 0.6) is 0 Å². The first-order chi connectivity index (χ1) is 9.95. The number of anilines is 2. The van der Waals surface area contributed by atoms with Crippen LogP contribution in [0.25, 0.3) is 0 Å². The van der Waals surface area contributed by atoms with Gasteiger partial charge in [0.05, 0.1) is 15.7 Å². The van der Waals surface area contributed by atoms with E-state index < -0.39 is 0 Å². The van der Waals surface area contributed by atoms with Crippen molar-refractivity contribution in [2.75, 3.05) is 16.8 Å². The van der Waals surface area contributed by atoms with Crippen LogP contribution in [-0.4, -0.2) is 16.6 Å². The number of thioether (sulfide) groups is 1. The zero-order valence-electron chi connectivity index (χ0n) is 12.3. The molecule has 0 aliphatic heterocycles. The maximum Gasteiger partial charge on any atom is 0.234 e. The minimum absolute atomic E-state index is 0.0244. The van der Waals surface area contributed by atoms with Gasteiger partial charge in [-0.15, -0.1) is 11.8 Å². The van der Waals surface area contributed by atoms with Gasteiger partial charge in [-0.1, -0.05) is 37.3 Å². The van der Waals surface area contributed by atoms with Crippen LogP contribution in [0.1, 0.15) is 31.0 Å². The molecular weight excluding hydrogens is 302 g/mol. The van der Waals surface area contributed by atoms with Crippen LogP contribution in [0.3, 0.4) is 0 Å². The fraction of sp³-hybridized carbons (Fsp3) is 0.333. The number of nitrogens with one attached hydrogen (secondary N) is 1. The van der Waals surface area contributed by atoms with E-state index in [1.165, 1.54) is 28.7 Å². The van der Waals surface area contributed by atoms with Crippen molar-refractivity contribution >= 4 is 39.8 Å². The lowest BCUT2D eigenvalue weighted by Gasteiger charge is -2.08. The number of hydrogen-bond acceptors (Lipinski definition) is 5. The third-order valence-electron chi connectivity index (χ3n) is 2.97. The topological polar surface area (TPSA) is 68.0 Å². The van der Waals surface area contributed by atoms with Crippen LogP contribution >= 0.6 is 23.1 Å². The van der Waals surface area contributed by atoms with Gasteiger partial charge in [0, 0.05) is 5.69 Å². The largest absolute Gasteiger partial charge is 0.375 e. The number of nitrogen functional groups attached to an aromatic ring is 1. The van der Waals surface area contributed by atoms with E-state index in [0.717, 1.165) is 15.6 Å². The number of hydrogen-bond donors (Lipinski definition) is 2. The van der Waals surface area contributed by atoms with Crippen molar-refractivity contribution in [3.63, 3.8) is 0 Å². The van der Waals surface area contributed by atoms with Gasteiger partial charge in [-0.05, 0) is 30.5 Å². The van der Waals surface area contributed by atoms with Crippen LogP contribution in [0.2, 0.25) is 0 Å². The molecule has 3 N–H and O–H groups in total. The average molecular weight is 321 g/mol. The number of amides is 1. The summed E-state index contributed by atoms with van der Waals surface area (Å²) in [7, 11) is 0. The first kappa shape index (κ1) is 15.9. The SMILES string of the molecule is Cc1nc(N)sc1SCC(=O)Nc1ccc(C(C)C)cc1. The molecule has 2 aromatic rings. The standard InChI is InChI=1S/C15H19N3OS2/c1-9(2)11-4-6-12(7-5-11)18-13(19)8-20-14-10(3)17-15(16)21-14/h4-7,9H,8H2,1-3H3,(H2,16,17)(H,18,19). The molecule has 0 atom stereocenters. The van der Waals surface area contributed by atoms with Crippen molar-refractivity contribution in [3.8, 4) is 0 Å². The van der Waals surface area contributed by atoms with E-state index >= 15 is 0 Å². The lowest BCUT2D eigenvalue weighted by molar-refractivity contribution is -0.113. The normalized spacial score (nSPS) is 10.9. The molecule has 4 nitrogen and oxygen atoms in total. The monoisotopic (exact) mass is 321 g/mol. The second-order valence-electron chi connectivity index (χ2n) is 5.04. The number of carbonyl (C=O) groups is 1. The number of thiazole rings is 1. The van der Waals surface area contributed by atoms with Crippen LogP contribution in [-0.2, 0) is 4.79 Å². The molecule has 6 heteroatoms. The van der Waals surface area contributed by atoms with Gasteiger partial charge in [0.2, 0.25) is 5.91 Å². The maximum atomic E-state index is 11.9. The molecule has 0 spiro atoms. The summed E-state index contributed by atoms with van der Waals surface area (Å²) in [5.74, 6) is 0.822. The minimum Gasteiger partial charge on any atom is -0.375 e. The summed E-state index contributed by atoms with van der Waals surface area (Å²) >= 11 is 2.88. The van der Waals surface area contributed by atoms with E-state index in [0.29, 0.717) is 16.8 Å². The summed E-state index contributed by atoms with van der Waals surface area (Å²) in [6.07, 6.45) is 0. The number of rotatable bonds is 5. The van der Waals surface area contributed by atoms with Gasteiger partial charge in [-0.25, -0.2) is 4.98 Å². The van der Waals surface area contributed by atoms with Gasteiger partial charge in [0.1, 0.15) is 0 Å². The zero-order valence-corrected chi connectivity index (χ0v) is 14.0. The summed E-state index contributed by atoms with van der Waals surface area (Å²) in [5, 5.41) is 3.44. The van der Waals surface area contributed by atoms with Gasteiger partial charge < -0.3 is 11.1 Å². The average Bonchev–Trinajstić information content (AvgIpc) is 2.75. The quantitative estimate of drug-likeness (QED) is 0.820. The predicted octanol–water partition coefficient (Wildman–Crippen LogP) is 3.89. The van der Waals surface area contributed by atoms with Crippen molar-refractivity contribution in [2.24, 2.45) is 0 Å². The lowest BCUT2D eigenvalue weighted by Crippen LogP contribution is -2.13. The fourth-order valence-corrected chi connectivity index (χ4v) is 3.64. The molecule has 1 aromatic carbocycles. The second-order valence-corrected chi connectivity index (χ2v) is 7.31. The third-order valence-corrected chi connectivity index (χ3v) is 5.31. The molecule has 0 unspecified atom stereocenters. The fourth-order valence-electron chi connectivity index (χ4n) is 1.82. The Kier molecular flexibility index (Phi) is 5.25. The Morgan fingerprint density at radius 2 is 2.05 bits per heavy atom. The number of nitrogens with zero attached hydrogens (tertiary/aromatic N) is 1. The van der Waals surface area contributed by atoms with Crippen molar-refractivity contribution in [1.29, 1.82) is 0 Å². The number of carbonyl (C=O) groups excluding carboxylic acids is 1. The minimum atomic E-state index is -0.0244. The molecule has 0 aliphatic carbocycles. The number of aryl methyl sites for hydroxylation is 1. The van der Waals surface area contributed by atoms with E-state index in [-0.39, 0.29) is 5.91 Å². The molecule has 1 heterocycles. The van der Waals surface area contributed by atoms with E-state index in [1.807, 2.05) is 31.2 Å². The zero-order chi connectivity index (χ0) is 15.4. The third kappa shape index (κ3) is 4.47. The molecule has 1 aromatic heterocycles. The Bertz CT molecular complexity index is 620. The van der Waals surface area contributed by atoms with Crippen molar-refractivity contribution in [2.45, 2.75) is 30.9 Å². The van der Waals surface area contributed by atoms with Gasteiger partial charge >= 0.3 is 0 Å². The highest BCUT2D eigenvalue weighted by Gasteiger charge is 2.09. The van der Waals surface area contributed by atoms with Gasteiger partial charge in [-0.3, -0.25) is 4.79 Å². The van der Waals surface area contributed by atoms with Gasteiger partial charge in [-0.2, -0.15) is 0 Å². The van der Waals surface area contributed by atoms with E-state index in [9.17, 15) is 4.79 Å². The molecule has 0 radical (unpaired) electrons. The summed E-state index contributed by atoms with van der Waals surface area (Å²) in [4.78, 5) is 16.1. The first-order valence-corrected chi connectivity index (χ1v) is 8.51. The Morgan fingerprint density at radius 3 is 2.57 bits per heavy atom. The molecule has 0 aliphatic rings. The number of nitrogens with two attached hydrogens (primary N) is 1. The predicted molar refractivity (Wildman–Crippen MR) is 91.1 cm³/mol. The van der Waals surface area contributed by atoms with E-state index in [2.05, 4.69) is 24.1 Å². The molecule has 21 heavy (non-hydrogen) atoms. The Balaban J connectivity index is 1.88. The molecule has 2 rings (SSSR count). The van der Waals surface area contributed by atoms with Gasteiger partial charge in [0.15, 0.2) is 5.13 Å². The lowest BCUT2D eigenvalue weighted by atomic mass is 10.0. The molecule has 1 amide bonds. The summed E-state index contributed by atoms with van der Waals surface area (Å²) in [6.45, 7) is 6.19. The smallest absolute Gasteiger partial charge is 0.234 e. The molecular formula is C15H19N3OS2. The maximum absolute atomic E-state index is 11.9. The van der Waals surface area contributed by atoms with Crippen molar-refractivity contribution in [1.82, 2.24) is 4.98 Å². The highest BCUT2D eigenvalue weighted by atomic mass is 32.2. The number of aromatic nitrogens is 1. The molecule has 0 saturated carbocycles. The van der Waals surface area contributed by atoms with Crippen LogP contribution < -0.4 is 11.1 Å². The summed E-state index contributed by atoms with van der Waals surface area (Å²) in [5.41, 5.74) is 8.61. The molecule has 112 valence electrons. The van der Waals surface area contributed by atoms with Crippen molar-refractivity contribution in [3.05, 3.63) is 35.5 Å². The first-order valence-electron chi connectivity index (χ1n) is 6.71. The Labute approximate surface area is 133 Å². The molecule has 0 bridgehead atoms. The summed E-state index contributed by atoms with van der Waals surface area (Å²) in [6, 6.07) is 7.96. The van der Waals surface area contributed by atoms with Crippen molar-refractivity contribution < 1.29 is 4.79 Å². The number of benzene rings is 1. The highest BCUT2D eigenvalue weighted by Crippen LogP contribution is 2.30. The van der Waals surface area contributed by atoms with Gasteiger partial charge in [0.25, 0.3) is 0 Å². The Morgan fingerprint density at radius 1 is 1.38 bits per heavy atom. The highest BCUT2D eigenvalue weighted by molar-refractivity contribution is 8.01. The van der Waals surface area contributed by atoms with Crippen LogP contribution in [0.4, 0.5) is 10.8 Å². The van der Waals surface area contributed by atoms with Crippen LogP contribution in [0, 0.1) is 6.92 Å².